The van der Waals surface area contributed by atoms with Crippen molar-refractivity contribution in [1.29, 1.82) is 0 Å². The number of tetrazole rings is 1. The number of rotatable bonds is 5. The van der Waals surface area contributed by atoms with E-state index in [4.69, 9.17) is 0 Å². The molecule has 120 valence electrons. The first kappa shape index (κ1) is 15.7. The molecular formula is C13H14N6O2S2. The molecule has 0 unspecified atom stereocenters. The standard InChI is InChI=1S/C13H14N6O2S2/c1-18-8-7-14-13(18)22-9-12-15-16-17-19(12)10-3-5-11(6-4-10)23(2,20)21/h3-8H,9H2,1-2H3. The van der Waals surface area contributed by atoms with Crippen LogP contribution in [0.5, 0.6) is 0 Å². The number of imidazole rings is 1. The topological polar surface area (TPSA) is 95.6 Å². The second kappa shape index (κ2) is 6.13. The Labute approximate surface area is 137 Å². The minimum absolute atomic E-state index is 0.262. The quantitative estimate of drug-likeness (QED) is 0.636. The van der Waals surface area contributed by atoms with E-state index in [2.05, 4.69) is 20.5 Å². The van der Waals surface area contributed by atoms with Crippen molar-refractivity contribution < 1.29 is 8.42 Å². The van der Waals surface area contributed by atoms with Gasteiger partial charge >= 0.3 is 0 Å². The Hall–Kier alpha value is -2.20. The van der Waals surface area contributed by atoms with E-state index in [0.29, 0.717) is 17.3 Å². The predicted molar refractivity (Wildman–Crippen MR) is 85.0 cm³/mol. The Balaban J connectivity index is 1.82. The van der Waals surface area contributed by atoms with Crippen molar-refractivity contribution in [1.82, 2.24) is 29.8 Å². The van der Waals surface area contributed by atoms with Crippen LogP contribution in [0.15, 0.2) is 46.7 Å². The van der Waals surface area contributed by atoms with Gasteiger partial charge < -0.3 is 4.57 Å². The lowest BCUT2D eigenvalue weighted by molar-refractivity contribution is 0.602. The van der Waals surface area contributed by atoms with Crippen LogP contribution in [0, 0.1) is 0 Å². The van der Waals surface area contributed by atoms with Crippen LogP contribution in [0.25, 0.3) is 5.69 Å². The third-order valence-corrected chi connectivity index (χ3v) is 5.33. The molecule has 0 radical (unpaired) electrons. The summed E-state index contributed by atoms with van der Waals surface area (Å²) in [6.07, 6.45) is 4.78. The van der Waals surface area contributed by atoms with Gasteiger partial charge in [-0.2, -0.15) is 4.68 Å². The molecule has 0 aliphatic rings. The highest BCUT2D eigenvalue weighted by Crippen LogP contribution is 2.21. The SMILES string of the molecule is Cn1ccnc1SCc1nnnn1-c1ccc(S(C)(=O)=O)cc1. The summed E-state index contributed by atoms with van der Waals surface area (Å²) in [5, 5.41) is 12.5. The lowest BCUT2D eigenvalue weighted by atomic mass is 10.3. The van der Waals surface area contributed by atoms with Crippen LogP contribution in [-0.2, 0) is 22.6 Å². The number of nitrogens with zero attached hydrogens (tertiary/aromatic N) is 6. The molecule has 23 heavy (non-hydrogen) atoms. The van der Waals surface area contributed by atoms with Crippen LogP contribution in [0.4, 0.5) is 0 Å². The van der Waals surface area contributed by atoms with Gasteiger partial charge in [0.1, 0.15) is 0 Å². The van der Waals surface area contributed by atoms with Crippen molar-refractivity contribution in [3.8, 4) is 5.69 Å². The van der Waals surface area contributed by atoms with E-state index < -0.39 is 9.84 Å². The van der Waals surface area contributed by atoms with E-state index in [1.54, 1.807) is 35.1 Å². The Morgan fingerprint density at radius 1 is 1.22 bits per heavy atom. The molecule has 2 heterocycles. The van der Waals surface area contributed by atoms with Crippen molar-refractivity contribution in [2.24, 2.45) is 7.05 Å². The van der Waals surface area contributed by atoms with Gasteiger partial charge in [-0.05, 0) is 34.7 Å². The van der Waals surface area contributed by atoms with Gasteiger partial charge in [-0.25, -0.2) is 13.4 Å². The Morgan fingerprint density at radius 3 is 2.57 bits per heavy atom. The van der Waals surface area contributed by atoms with Crippen molar-refractivity contribution in [3.05, 3.63) is 42.5 Å². The molecule has 0 atom stereocenters. The van der Waals surface area contributed by atoms with Gasteiger partial charge in [0.2, 0.25) is 0 Å². The molecule has 2 aromatic heterocycles. The van der Waals surface area contributed by atoms with Crippen LogP contribution in [0.1, 0.15) is 5.82 Å². The van der Waals surface area contributed by atoms with Gasteiger partial charge in [-0.1, -0.05) is 11.8 Å². The van der Waals surface area contributed by atoms with Crippen LogP contribution < -0.4 is 0 Å². The Bertz CT molecular complexity index is 914. The van der Waals surface area contributed by atoms with Crippen LogP contribution >= 0.6 is 11.8 Å². The molecular weight excluding hydrogens is 336 g/mol. The molecule has 0 saturated heterocycles. The Morgan fingerprint density at radius 2 is 1.96 bits per heavy atom. The van der Waals surface area contributed by atoms with Gasteiger partial charge in [-0.3, -0.25) is 0 Å². The Kier molecular flexibility index (Phi) is 4.18. The molecule has 8 nitrogen and oxygen atoms in total. The summed E-state index contributed by atoms with van der Waals surface area (Å²) in [6.45, 7) is 0. The van der Waals surface area contributed by atoms with Gasteiger partial charge in [0.25, 0.3) is 0 Å². The third-order valence-electron chi connectivity index (χ3n) is 3.15. The van der Waals surface area contributed by atoms with Gasteiger partial charge in [0.15, 0.2) is 20.8 Å². The number of aromatic nitrogens is 6. The lowest BCUT2D eigenvalue weighted by Crippen LogP contribution is -2.04. The molecule has 1 aromatic carbocycles. The van der Waals surface area contributed by atoms with Crippen molar-refractivity contribution in [3.63, 3.8) is 0 Å². The first-order valence-corrected chi connectivity index (χ1v) is 9.51. The summed E-state index contributed by atoms with van der Waals surface area (Å²) in [6, 6.07) is 6.45. The summed E-state index contributed by atoms with van der Waals surface area (Å²) in [5.41, 5.74) is 0.706. The average molecular weight is 350 g/mol. The van der Waals surface area contributed by atoms with E-state index in [9.17, 15) is 8.42 Å². The summed E-state index contributed by atoms with van der Waals surface area (Å²) < 4.78 is 26.5. The third kappa shape index (κ3) is 3.42. The van der Waals surface area contributed by atoms with E-state index in [1.165, 1.54) is 18.0 Å². The monoisotopic (exact) mass is 350 g/mol. The molecule has 0 N–H and O–H groups in total. The molecule has 3 aromatic rings. The normalized spacial score (nSPS) is 11.7. The number of sulfone groups is 1. The summed E-state index contributed by atoms with van der Waals surface area (Å²) in [5.74, 6) is 1.20. The predicted octanol–water partition coefficient (Wildman–Crippen LogP) is 1.09. The highest BCUT2D eigenvalue weighted by atomic mass is 32.2. The fourth-order valence-electron chi connectivity index (χ4n) is 1.95. The zero-order valence-electron chi connectivity index (χ0n) is 12.5. The summed E-state index contributed by atoms with van der Waals surface area (Å²) in [7, 11) is -1.30. The highest BCUT2D eigenvalue weighted by molar-refractivity contribution is 7.98. The zero-order valence-corrected chi connectivity index (χ0v) is 14.1. The highest BCUT2D eigenvalue weighted by Gasteiger charge is 2.12. The van der Waals surface area contributed by atoms with Gasteiger partial charge in [-0.15, -0.1) is 5.10 Å². The first-order chi connectivity index (χ1) is 10.9. The molecule has 0 spiro atoms. The smallest absolute Gasteiger partial charge is 0.175 e. The maximum absolute atomic E-state index is 11.5. The van der Waals surface area contributed by atoms with Crippen LogP contribution in [-0.4, -0.2) is 44.4 Å². The molecule has 0 fully saturated rings. The van der Waals surface area contributed by atoms with E-state index in [1.807, 2.05) is 17.8 Å². The largest absolute Gasteiger partial charge is 0.329 e. The number of hydrogen-bond donors (Lipinski definition) is 0. The van der Waals surface area contributed by atoms with Gasteiger partial charge in [0.05, 0.1) is 16.3 Å². The molecule has 10 heteroatoms. The molecule has 0 saturated carbocycles. The fraction of sp³-hybridized carbons (Fsp3) is 0.231. The van der Waals surface area contributed by atoms with E-state index in [0.717, 1.165) is 5.16 Å². The molecule has 0 aliphatic heterocycles. The summed E-state index contributed by atoms with van der Waals surface area (Å²) in [4.78, 5) is 4.50. The second-order valence-corrected chi connectivity index (χ2v) is 7.84. The molecule has 0 bridgehead atoms. The fourth-order valence-corrected chi connectivity index (χ4v) is 3.42. The number of aryl methyl sites for hydroxylation is 1. The van der Waals surface area contributed by atoms with E-state index >= 15 is 0 Å². The molecule has 0 amide bonds. The summed E-state index contributed by atoms with van der Waals surface area (Å²) >= 11 is 1.52. The molecule has 0 aliphatic carbocycles. The van der Waals surface area contributed by atoms with Crippen LogP contribution in [0.2, 0.25) is 0 Å². The van der Waals surface area contributed by atoms with Crippen molar-refractivity contribution in [2.45, 2.75) is 15.8 Å². The first-order valence-electron chi connectivity index (χ1n) is 6.63. The maximum Gasteiger partial charge on any atom is 0.175 e. The zero-order chi connectivity index (χ0) is 16.4. The van der Waals surface area contributed by atoms with Gasteiger partial charge in [0, 0.05) is 25.7 Å². The van der Waals surface area contributed by atoms with Crippen molar-refractivity contribution >= 4 is 21.6 Å². The van der Waals surface area contributed by atoms with Crippen LogP contribution in [0.3, 0.4) is 0 Å². The molecule has 3 rings (SSSR count). The minimum Gasteiger partial charge on any atom is -0.329 e. The average Bonchev–Trinajstić information content (AvgIpc) is 3.13. The maximum atomic E-state index is 11.5. The second-order valence-electron chi connectivity index (χ2n) is 4.88. The van der Waals surface area contributed by atoms with Crippen molar-refractivity contribution in [2.75, 3.05) is 6.26 Å². The number of hydrogen-bond acceptors (Lipinski definition) is 7. The number of thioether (sulfide) groups is 1. The lowest BCUT2D eigenvalue weighted by Gasteiger charge is -2.05. The number of benzene rings is 1. The van der Waals surface area contributed by atoms with E-state index in [-0.39, 0.29) is 4.90 Å². The minimum atomic E-state index is -3.22.